The van der Waals surface area contributed by atoms with Crippen LogP contribution in [0.2, 0.25) is 0 Å². The maximum Gasteiger partial charge on any atom is 0.157 e. The van der Waals surface area contributed by atoms with Gasteiger partial charge in [-0.05, 0) is 58.3 Å². The minimum atomic E-state index is 0.433. The van der Waals surface area contributed by atoms with E-state index in [4.69, 9.17) is 15.1 Å². The summed E-state index contributed by atoms with van der Waals surface area (Å²) in [4.78, 5) is 7.40. The highest BCUT2D eigenvalue weighted by Gasteiger charge is 2.24. The number of anilines is 1. The second-order valence-corrected chi connectivity index (χ2v) is 7.94. The highest BCUT2D eigenvalue weighted by atomic mass is 16.3. The van der Waals surface area contributed by atoms with Crippen LogP contribution in [0, 0.1) is 13.8 Å². The standard InChI is InChI=1S/C21H29N5O/c1-14(19-7-6-16(3)27-19)8-10-25-9-4-5-17(13-25)18-12-20(22)26-21(23-18)11-15(2)24-26/h6-7,11-12,14,17H,4-5,8-10,13,22H2,1-3H3/t14-,17+/m0/s1. The molecule has 0 radical (unpaired) electrons. The Morgan fingerprint density at radius 2 is 2.15 bits per heavy atom. The van der Waals surface area contributed by atoms with Crippen molar-refractivity contribution in [3.05, 3.63) is 47.2 Å². The number of fused-ring (bicyclic) bond motifs is 1. The van der Waals surface area contributed by atoms with Gasteiger partial charge in [-0.3, -0.25) is 0 Å². The van der Waals surface area contributed by atoms with Crippen LogP contribution in [-0.2, 0) is 0 Å². The average Bonchev–Trinajstić information content (AvgIpc) is 3.25. The van der Waals surface area contributed by atoms with Gasteiger partial charge in [0.1, 0.15) is 17.3 Å². The first-order chi connectivity index (χ1) is 13.0. The maximum absolute atomic E-state index is 6.21. The Balaban J connectivity index is 1.42. The largest absolute Gasteiger partial charge is 0.466 e. The molecule has 0 aromatic carbocycles. The summed E-state index contributed by atoms with van der Waals surface area (Å²) in [7, 11) is 0. The Morgan fingerprint density at radius 1 is 1.30 bits per heavy atom. The van der Waals surface area contributed by atoms with Crippen LogP contribution >= 0.6 is 0 Å². The van der Waals surface area contributed by atoms with Crippen molar-refractivity contribution >= 4 is 11.5 Å². The lowest BCUT2D eigenvalue weighted by Gasteiger charge is -2.33. The maximum atomic E-state index is 6.21. The second-order valence-electron chi connectivity index (χ2n) is 7.94. The number of aromatic nitrogens is 3. The number of nitrogen functional groups attached to an aromatic ring is 1. The molecular formula is C21H29N5O. The molecule has 0 amide bonds. The van der Waals surface area contributed by atoms with E-state index in [1.807, 2.05) is 32.0 Å². The van der Waals surface area contributed by atoms with Gasteiger partial charge in [-0.25, -0.2) is 4.98 Å². The fourth-order valence-electron chi connectivity index (χ4n) is 4.08. The topological polar surface area (TPSA) is 72.6 Å². The van der Waals surface area contributed by atoms with Crippen LogP contribution in [0.3, 0.4) is 0 Å². The molecule has 1 aliphatic rings. The number of furan rings is 1. The fraction of sp³-hybridized carbons (Fsp3) is 0.524. The van der Waals surface area contributed by atoms with E-state index in [0.717, 1.165) is 54.6 Å². The van der Waals surface area contributed by atoms with E-state index in [-0.39, 0.29) is 0 Å². The summed E-state index contributed by atoms with van der Waals surface area (Å²) in [6.07, 6.45) is 3.47. The molecule has 4 rings (SSSR count). The smallest absolute Gasteiger partial charge is 0.157 e. The molecule has 27 heavy (non-hydrogen) atoms. The fourth-order valence-corrected chi connectivity index (χ4v) is 4.08. The molecule has 3 aromatic rings. The third-order valence-electron chi connectivity index (χ3n) is 5.65. The highest BCUT2D eigenvalue weighted by Crippen LogP contribution is 2.29. The van der Waals surface area contributed by atoms with Crippen LogP contribution in [0.1, 0.15) is 60.9 Å². The van der Waals surface area contributed by atoms with E-state index in [1.165, 1.54) is 12.8 Å². The second kappa shape index (κ2) is 7.35. The first-order valence-corrected chi connectivity index (χ1v) is 9.91. The predicted octanol–water partition coefficient (Wildman–Crippen LogP) is 3.89. The molecule has 2 atom stereocenters. The van der Waals surface area contributed by atoms with Gasteiger partial charge in [-0.1, -0.05) is 6.92 Å². The van der Waals surface area contributed by atoms with Gasteiger partial charge in [-0.2, -0.15) is 9.61 Å². The van der Waals surface area contributed by atoms with Gasteiger partial charge in [0, 0.05) is 30.5 Å². The minimum absolute atomic E-state index is 0.433. The summed E-state index contributed by atoms with van der Waals surface area (Å²) in [5, 5.41) is 4.40. The molecule has 144 valence electrons. The molecule has 4 heterocycles. The quantitative estimate of drug-likeness (QED) is 0.740. The Kier molecular flexibility index (Phi) is 4.91. The summed E-state index contributed by atoms with van der Waals surface area (Å²) < 4.78 is 7.51. The molecule has 1 saturated heterocycles. The number of aryl methyl sites for hydroxylation is 2. The number of likely N-dealkylation sites (tertiary alicyclic amines) is 1. The van der Waals surface area contributed by atoms with Crippen molar-refractivity contribution < 1.29 is 4.42 Å². The van der Waals surface area contributed by atoms with E-state index < -0.39 is 0 Å². The van der Waals surface area contributed by atoms with Gasteiger partial charge in [-0.15, -0.1) is 0 Å². The molecule has 0 bridgehead atoms. The minimum Gasteiger partial charge on any atom is -0.466 e. The molecule has 0 spiro atoms. The van der Waals surface area contributed by atoms with Gasteiger partial charge in [0.15, 0.2) is 5.65 Å². The highest BCUT2D eigenvalue weighted by molar-refractivity contribution is 5.48. The number of hydrogen-bond donors (Lipinski definition) is 1. The van der Waals surface area contributed by atoms with Crippen molar-refractivity contribution in [2.75, 3.05) is 25.4 Å². The Bertz CT molecular complexity index is 928. The molecule has 1 aliphatic heterocycles. The lowest BCUT2D eigenvalue weighted by molar-refractivity contribution is 0.198. The first-order valence-electron chi connectivity index (χ1n) is 9.91. The molecule has 6 nitrogen and oxygen atoms in total. The van der Waals surface area contributed by atoms with Crippen molar-refractivity contribution in [1.82, 2.24) is 19.5 Å². The summed E-state index contributed by atoms with van der Waals surface area (Å²) in [6, 6.07) is 8.15. The predicted molar refractivity (Wildman–Crippen MR) is 107 cm³/mol. The van der Waals surface area contributed by atoms with Crippen molar-refractivity contribution in [2.24, 2.45) is 0 Å². The van der Waals surface area contributed by atoms with E-state index in [0.29, 0.717) is 17.7 Å². The Labute approximate surface area is 160 Å². The van der Waals surface area contributed by atoms with E-state index in [9.17, 15) is 0 Å². The molecular weight excluding hydrogens is 338 g/mol. The van der Waals surface area contributed by atoms with Crippen LogP contribution in [-0.4, -0.2) is 39.1 Å². The van der Waals surface area contributed by atoms with Gasteiger partial charge in [0.05, 0.1) is 11.4 Å². The van der Waals surface area contributed by atoms with Gasteiger partial charge in [0.25, 0.3) is 0 Å². The lowest BCUT2D eigenvalue weighted by Crippen LogP contribution is -2.35. The zero-order chi connectivity index (χ0) is 19.0. The number of nitrogens with zero attached hydrogens (tertiary/aromatic N) is 4. The van der Waals surface area contributed by atoms with Gasteiger partial charge < -0.3 is 15.1 Å². The molecule has 0 saturated carbocycles. The summed E-state index contributed by atoms with van der Waals surface area (Å²) >= 11 is 0. The zero-order valence-electron chi connectivity index (χ0n) is 16.5. The molecule has 3 aromatic heterocycles. The molecule has 0 aliphatic carbocycles. The third-order valence-corrected chi connectivity index (χ3v) is 5.65. The van der Waals surface area contributed by atoms with Crippen LogP contribution in [0.15, 0.2) is 28.7 Å². The Hall–Kier alpha value is -2.34. The lowest BCUT2D eigenvalue weighted by atomic mass is 9.93. The van der Waals surface area contributed by atoms with Gasteiger partial charge in [0.2, 0.25) is 0 Å². The van der Waals surface area contributed by atoms with E-state index in [1.54, 1.807) is 4.52 Å². The molecule has 2 N–H and O–H groups in total. The van der Waals surface area contributed by atoms with Crippen LogP contribution in [0.25, 0.3) is 5.65 Å². The average molecular weight is 367 g/mol. The van der Waals surface area contributed by atoms with E-state index >= 15 is 0 Å². The zero-order valence-corrected chi connectivity index (χ0v) is 16.5. The molecule has 1 fully saturated rings. The molecule has 0 unspecified atom stereocenters. The number of nitrogens with two attached hydrogens (primary N) is 1. The van der Waals surface area contributed by atoms with Crippen LogP contribution < -0.4 is 5.73 Å². The van der Waals surface area contributed by atoms with Crippen molar-refractivity contribution in [2.45, 2.75) is 51.9 Å². The van der Waals surface area contributed by atoms with E-state index in [2.05, 4.69) is 23.0 Å². The van der Waals surface area contributed by atoms with Gasteiger partial charge >= 0.3 is 0 Å². The first kappa shape index (κ1) is 18.0. The van der Waals surface area contributed by atoms with Crippen molar-refractivity contribution in [3.8, 4) is 0 Å². The number of piperidine rings is 1. The summed E-state index contributed by atoms with van der Waals surface area (Å²) in [5.41, 5.74) is 9.10. The summed E-state index contributed by atoms with van der Waals surface area (Å²) in [5.74, 6) is 3.63. The number of hydrogen-bond acceptors (Lipinski definition) is 5. The SMILES string of the molecule is Cc1cc2nc([C@@H]3CCCN(CC[C@H](C)c4ccc(C)o4)C3)cc(N)n2n1. The Morgan fingerprint density at radius 3 is 2.93 bits per heavy atom. The number of rotatable bonds is 5. The third kappa shape index (κ3) is 3.86. The summed E-state index contributed by atoms with van der Waals surface area (Å²) in [6.45, 7) is 9.50. The van der Waals surface area contributed by atoms with Crippen molar-refractivity contribution in [1.29, 1.82) is 0 Å². The van der Waals surface area contributed by atoms with Crippen molar-refractivity contribution in [3.63, 3.8) is 0 Å². The molecule has 6 heteroatoms. The van der Waals surface area contributed by atoms with Crippen LogP contribution in [0.5, 0.6) is 0 Å². The monoisotopic (exact) mass is 367 g/mol. The van der Waals surface area contributed by atoms with Crippen LogP contribution in [0.4, 0.5) is 5.82 Å². The normalized spacial score (nSPS) is 19.6.